The summed E-state index contributed by atoms with van der Waals surface area (Å²) in [4.78, 5) is 0. The van der Waals surface area contributed by atoms with Gasteiger partial charge in [0.15, 0.2) is 0 Å². The molecule has 0 radical (unpaired) electrons. The molecule has 1 aromatic rings. The summed E-state index contributed by atoms with van der Waals surface area (Å²) in [5.41, 5.74) is 1.38. The predicted octanol–water partition coefficient (Wildman–Crippen LogP) is 5.21. The highest BCUT2D eigenvalue weighted by Crippen LogP contribution is 2.38. The minimum Gasteiger partial charge on any atom is -0.313 e. The van der Waals surface area contributed by atoms with Gasteiger partial charge in [0.25, 0.3) is 0 Å². The van der Waals surface area contributed by atoms with Crippen molar-refractivity contribution in [2.24, 2.45) is 11.8 Å². The molecule has 0 heterocycles. The van der Waals surface area contributed by atoms with Gasteiger partial charge >= 0.3 is 0 Å². The first-order valence-corrected chi connectivity index (χ1v) is 8.05. The van der Waals surface area contributed by atoms with Crippen molar-refractivity contribution in [1.29, 1.82) is 0 Å². The van der Waals surface area contributed by atoms with Crippen molar-refractivity contribution in [2.45, 2.75) is 51.5 Å². The Morgan fingerprint density at radius 1 is 1.16 bits per heavy atom. The molecule has 1 fully saturated rings. The molecule has 19 heavy (non-hydrogen) atoms. The van der Waals surface area contributed by atoms with Crippen molar-refractivity contribution in [3.05, 3.63) is 34.9 Å². The van der Waals surface area contributed by atoms with Gasteiger partial charge < -0.3 is 5.32 Å². The zero-order valence-electron chi connectivity index (χ0n) is 12.2. The van der Waals surface area contributed by atoms with Crippen molar-refractivity contribution in [1.82, 2.24) is 5.32 Å². The minimum atomic E-state index is 0.486. The fraction of sp³-hybridized carbons (Fsp3) is 0.647. The number of rotatable bonds is 5. The summed E-state index contributed by atoms with van der Waals surface area (Å²) < 4.78 is 0. The van der Waals surface area contributed by atoms with E-state index in [1.165, 1.54) is 44.1 Å². The Kier molecular flexibility index (Phi) is 5.72. The molecule has 0 aliphatic heterocycles. The molecular weight excluding hydrogens is 254 g/mol. The molecule has 0 aromatic heterocycles. The summed E-state index contributed by atoms with van der Waals surface area (Å²) in [6.07, 6.45) is 8.28. The first-order valence-electron chi connectivity index (χ1n) is 7.67. The number of hydrogen-bond donors (Lipinski definition) is 1. The van der Waals surface area contributed by atoms with Crippen LogP contribution in [-0.2, 0) is 0 Å². The van der Waals surface area contributed by atoms with E-state index in [0.29, 0.717) is 6.04 Å². The van der Waals surface area contributed by atoms with Gasteiger partial charge in [-0.2, -0.15) is 0 Å². The van der Waals surface area contributed by atoms with Crippen LogP contribution in [0.1, 0.15) is 57.1 Å². The van der Waals surface area contributed by atoms with E-state index in [9.17, 15) is 0 Å². The van der Waals surface area contributed by atoms with Crippen molar-refractivity contribution in [2.75, 3.05) is 7.05 Å². The summed E-state index contributed by atoms with van der Waals surface area (Å²) in [5.74, 6) is 1.75. The van der Waals surface area contributed by atoms with Gasteiger partial charge in [-0.25, -0.2) is 0 Å². The fourth-order valence-corrected chi connectivity index (χ4v) is 3.69. The molecule has 1 unspecified atom stereocenters. The third kappa shape index (κ3) is 3.97. The van der Waals surface area contributed by atoms with Crippen molar-refractivity contribution < 1.29 is 0 Å². The van der Waals surface area contributed by atoms with Crippen molar-refractivity contribution in [3.63, 3.8) is 0 Å². The molecule has 1 N–H and O–H groups in total. The van der Waals surface area contributed by atoms with Gasteiger partial charge in [-0.3, -0.25) is 0 Å². The van der Waals surface area contributed by atoms with Gasteiger partial charge in [0, 0.05) is 11.1 Å². The summed E-state index contributed by atoms with van der Waals surface area (Å²) >= 11 is 5.98. The molecule has 2 heteroatoms. The van der Waals surface area contributed by atoms with E-state index in [4.69, 9.17) is 11.6 Å². The van der Waals surface area contributed by atoms with Crippen molar-refractivity contribution in [3.8, 4) is 0 Å². The van der Waals surface area contributed by atoms with Gasteiger partial charge in [-0.05, 0) is 49.4 Å². The maximum absolute atomic E-state index is 5.98. The van der Waals surface area contributed by atoms with Crippen LogP contribution < -0.4 is 5.32 Å². The SMILES string of the molecule is CCCC1CCC(C(NC)c2ccc(Cl)cc2)CC1. The molecule has 0 saturated heterocycles. The smallest absolute Gasteiger partial charge is 0.0406 e. The largest absolute Gasteiger partial charge is 0.313 e. The molecule has 2 rings (SSSR count). The average molecular weight is 280 g/mol. The number of nitrogens with one attached hydrogen (secondary N) is 1. The quantitative estimate of drug-likeness (QED) is 0.780. The van der Waals surface area contributed by atoms with Crippen LogP contribution in [0, 0.1) is 11.8 Å². The Morgan fingerprint density at radius 3 is 2.32 bits per heavy atom. The van der Waals surface area contributed by atoms with Crippen LogP contribution in [0.2, 0.25) is 5.02 Å². The summed E-state index contributed by atoms with van der Waals surface area (Å²) in [6.45, 7) is 2.30. The molecule has 1 atom stereocenters. The highest BCUT2D eigenvalue weighted by molar-refractivity contribution is 6.30. The first-order chi connectivity index (χ1) is 9.24. The van der Waals surface area contributed by atoms with E-state index in [1.54, 1.807) is 0 Å². The van der Waals surface area contributed by atoms with Gasteiger partial charge in [-0.15, -0.1) is 0 Å². The van der Waals surface area contributed by atoms with E-state index < -0.39 is 0 Å². The second-order valence-electron chi connectivity index (χ2n) is 5.89. The standard InChI is InChI=1S/C17H26ClN/c1-3-4-13-5-7-14(8-6-13)17(19-2)15-9-11-16(18)12-10-15/h9-14,17,19H,3-8H2,1-2H3. The zero-order chi connectivity index (χ0) is 13.7. The molecule has 106 valence electrons. The Balaban J connectivity index is 1.97. The molecule has 0 amide bonds. The van der Waals surface area contributed by atoms with Crippen LogP contribution in [0.4, 0.5) is 0 Å². The Hall–Kier alpha value is -0.530. The molecule has 1 aliphatic rings. The highest BCUT2D eigenvalue weighted by Gasteiger charge is 2.27. The van der Waals surface area contributed by atoms with Crippen LogP contribution in [0.15, 0.2) is 24.3 Å². The van der Waals surface area contributed by atoms with Gasteiger partial charge in [-0.1, -0.05) is 56.3 Å². The number of benzene rings is 1. The second kappa shape index (κ2) is 7.31. The summed E-state index contributed by atoms with van der Waals surface area (Å²) in [6, 6.07) is 8.83. The van der Waals surface area contributed by atoms with Crippen LogP contribution in [-0.4, -0.2) is 7.05 Å². The zero-order valence-corrected chi connectivity index (χ0v) is 12.9. The predicted molar refractivity (Wildman–Crippen MR) is 83.6 cm³/mol. The first kappa shape index (κ1) is 14.9. The molecular formula is C17H26ClN. The Morgan fingerprint density at radius 2 is 1.79 bits per heavy atom. The number of halogens is 1. The lowest BCUT2D eigenvalue weighted by atomic mass is 9.75. The van der Waals surface area contributed by atoms with Crippen LogP contribution in [0.5, 0.6) is 0 Å². The van der Waals surface area contributed by atoms with E-state index in [-0.39, 0.29) is 0 Å². The maximum atomic E-state index is 5.98. The van der Waals surface area contributed by atoms with Gasteiger partial charge in [0.1, 0.15) is 0 Å². The lowest BCUT2D eigenvalue weighted by molar-refractivity contribution is 0.219. The van der Waals surface area contributed by atoms with E-state index in [0.717, 1.165) is 16.9 Å². The molecule has 1 saturated carbocycles. The minimum absolute atomic E-state index is 0.486. The Labute approximate surface area is 122 Å². The van der Waals surface area contributed by atoms with Crippen LogP contribution >= 0.6 is 11.6 Å². The van der Waals surface area contributed by atoms with E-state index in [1.807, 2.05) is 12.1 Å². The normalized spacial score (nSPS) is 25.2. The third-order valence-electron chi connectivity index (χ3n) is 4.60. The average Bonchev–Trinajstić information content (AvgIpc) is 2.44. The molecule has 1 aliphatic carbocycles. The molecule has 1 aromatic carbocycles. The maximum Gasteiger partial charge on any atom is 0.0406 e. The van der Waals surface area contributed by atoms with Crippen molar-refractivity contribution >= 4 is 11.6 Å². The van der Waals surface area contributed by atoms with Gasteiger partial charge in [0.2, 0.25) is 0 Å². The second-order valence-corrected chi connectivity index (χ2v) is 6.32. The third-order valence-corrected chi connectivity index (χ3v) is 4.85. The summed E-state index contributed by atoms with van der Waals surface area (Å²) in [7, 11) is 2.08. The lowest BCUT2D eigenvalue weighted by Crippen LogP contribution is -2.28. The monoisotopic (exact) mass is 279 g/mol. The van der Waals surface area contributed by atoms with Gasteiger partial charge in [0.05, 0.1) is 0 Å². The summed E-state index contributed by atoms with van der Waals surface area (Å²) in [5, 5.41) is 4.34. The number of hydrogen-bond acceptors (Lipinski definition) is 1. The molecule has 0 spiro atoms. The van der Waals surface area contributed by atoms with E-state index >= 15 is 0 Å². The molecule has 1 nitrogen and oxygen atoms in total. The highest BCUT2D eigenvalue weighted by atomic mass is 35.5. The lowest BCUT2D eigenvalue weighted by Gasteiger charge is -2.34. The topological polar surface area (TPSA) is 12.0 Å². The van der Waals surface area contributed by atoms with Crippen LogP contribution in [0.3, 0.4) is 0 Å². The fourth-order valence-electron chi connectivity index (χ4n) is 3.56. The Bertz CT molecular complexity index is 365. The molecule has 0 bridgehead atoms. The van der Waals surface area contributed by atoms with Crippen LogP contribution in [0.25, 0.3) is 0 Å². The van der Waals surface area contributed by atoms with E-state index in [2.05, 4.69) is 31.4 Å².